The Morgan fingerprint density at radius 3 is 2.43 bits per heavy atom. The lowest BCUT2D eigenvalue weighted by Gasteiger charge is -2.08. The number of hydrogen-bond acceptors (Lipinski definition) is 3. The Labute approximate surface area is 118 Å². The van der Waals surface area contributed by atoms with E-state index in [4.69, 9.17) is 5.73 Å². The van der Waals surface area contributed by atoms with Crippen molar-refractivity contribution in [2.45, 2.75) is 12.7 Å². The van der Waals surface area contributed by atoms with Crippen LogP contribution in [0.25, 0.3) is 16.9 Å². The molecule has 0 aliphatic carbocycles. The van der Waals surface area contributed by atoms with Crippen molar-refractivity contribution in [3.8, 4) is 11.3 Å². The maximum absolute atomic E-state index is 12.8. The summed E-state index contributed by atoms with van der Waals surface area (Å²) in [5.74, 6) is 0. The molecule has 0 saturated carbocycles. The van der Waals surface area contributed by atoms with Crippen LogP contribution in [-0.2, 0) is 12.7 Å². The van der Waals surface area contributed by atoms with E-state index in [0.717, 1.165) is 17.8 Å². The smallest absolute Gasteiger partial charge is 0.325 e. The maximum Gasteiger partial charge on any atom is 0.417 e. The average Bonchev–Trinajstić information content (AvgIpc) is 2.84. The first-order valence-corrected chi connectivity index (χ1v) is 6.19. The Morgan fingerprint density at radius 1 is 1.10 bits per heavy atom. The van der Waals surface area contributed by atoms with Crippen molar-refractivity contribution in [2.75, 3.05) is 0 Å². The van der Waals surface area contributed by atoms with Crippen molar-refractivity contribution in [1.29, 1.82) is 0 Å². The van der Waals surface area contributed by atoms with Crippen LogP contribution in [0, 0.1) is 0 Å². The van der Waals surface area contributed by atoms with Crippen LogP contribution < -0.4 is 5.73 Å². The summed E-state index contributed by atoms with van der Waals surface area (Å²) in [6, 6.07) is 5.84. The second kappa shape index (κ2) is 4.85. The van der Waals surface area contributed by atoms with Crippen molar-refractivity contribution in [3.05, 3.63) is 54.1 Å². The molecule has 3 aromatic rings. The molecule has 0 radical (unpaired) electrons. The zero-order chi connectivity index (χ0) is 15.0. The largest absolute Gasteiger partial charge is 0.417 e. The van der Waals surface area contributed by atoms with E-state index in [1.54, 1.807) is 24.5 Å². The van der Waals surface area contributed by atoms with E-state index in [9.17, 15) is 13.2 Å². The van der Waals surface area contributed by atoms with Crippen LogP contribution in [0.5, 0.6) is 0 Å². The molecule has 0 atom stereocenters. The topological polar surface area (TPSA) is 56.2 Å². The zero-order valence-corrected chi connectivity index (χ0v) is 10.8. The van der Waals surface area contributed by atoms with E-state index < -0.39 is 11.7 Å². The molecule has 0 unspecified atom stereocenters. The van der Waals surface area contributed by atoms with Crippen molar-refractivity contribution < 1.29 is 13.2 Å². The summed E-state index contributed by atoms with van der Waals surface area (Å²) in [5, 5.41) is 0. The molecule has 0 aliphatic heterocycles. The molecule has 4 nitrogen and oxygen atoms in total. The maximum atomic E-state index is 12.8. The lowest BCUT2D eigenvalue weighted by Crippen LogP contribution is -2.08. The standard InChI is InChI=1S/C14H11F3N4/c15-14(16,17)10-1-2-12-20-13(9-3-5-19-6-4-9)11(7-18)21(12)8-10/h1-6,8H,7,18H2. The summed E-state index contributed by atoms with van der Waals surface area (Å²) < 4.78 is 39.8. The number of alkyl halides is 3. The minimum absolute atomic E-state index is 0.0835. The number of nitrogens with zero attached hydrogens (tertiary/aromatic N) is 3. The fourth-order valence-corrected chi connectivity index (χ4v) is 2.20. The molecule has 0 bridgehead atoms. The van der Waals surface area contributed by atoms with Gasteiger partial charge in [0.05, 0.1) is 17.0 Å². The number of aromatic nitrogens is 3. The monoisotopic (exact) mass is 292 g/mol. The predicted molar refractivity (Wildman–Crippen MR) is 71.3 cm³/mol. The van der Waals surface area contributed by atoms with Crippen molar-refractivity contribution in [2.24, 2.45) is 5.73 Å². The van der Waals surface area contributed by atoms with Crippen LogP contribution in [-0.4, -0.2) is 14.4 Å². The molecule has 3 heterocycles. The van der Waals surface area contributed by atoms with E-state index in [0.29, 0.717) is 17.0 Å². The van der Waals surface area contributed by atoms with Crippen LogP contribution >= 0.6 is 0 Å². The Morgan fingerprint density at radius 2 is 1.81 bits per heavy atom. The van der Waals surface area contributed by atoms with Crippen LogP contribution in [0.4, 0.5) is 13.2 Å². The molecule has 3 aromatic heterocycles. The fraction of sp³-hybridized carbons (Fsp3) is 0.143. The molecular formula is C14H11F3N4. The summed E-state index contributed by atoms with van der Waals surface area (Å²) in [5.41, 5.74) is 7.26. The highest BCUT2D eigenvalue weighted by atomic mass is 19.4. The molecular weight excluding hydrogens is 281 g/mol. The number of imidazole rings is 1. The third kappa shape index (κ3) is 2.36. The molecule has 108 valence electrons. The summed E-state index contributed by atoms with van der Waals surface area (Å²) in [7, 11) is 0. The number of hydrogen-bond donors (Lipinski definition) is 1. The van der Waals surface area contributed by atoms with Gasteiger partial charge in [-0.3, -0.25) is 4.98 Å². The van der Waals surface area contributed by atoms with Gasteiger partial charge in [-0.2, -0.15) is 13.2 Å². The second-order valence-corrected chi connectivity index (χ2v) is 4.49. The number of pyridine rings is 2. The number of halogens is 3. The Hall–Kier alpha value is -2.41. The first kappa shape index (κ1) is 13.6. The highest BCUT2D eigenvalue weighted by molar-refractivity contribution is 5.66. The average molecular weight is 292 g/mol. The third-order valence-electron chi connectivity index (χ3n) is 3.19. The van der Waals surface area contributed by atoms with Gasteiger partial charge in [0.2, 0.25) is 0 Å². The highest BCUT2D eigenvalue weighted by Gasteiger charge is 2.31. The molecule has 7 heteroatoms. The molecule has 21 heavy (non-hydrogen) atoms. The molecule has 3 rings (SSSR count). The summed E-state index contributed by atoms with van der Waals surface area (Å²) in [4.78, 5) is 8.28. The van der Waals surface area contributed by atoms with Crippen molar-refractivity contribution in [1.82, 2.24) is 14.4 Å². The van der Waals surface area contributed by atoms with Crippen LogP contribution in [0.3, 0.4) is 0 Å². The van der Waals surface area contributed by atoms with E-state index in [1.807, 2.05) is 0 Å². The molecule has 0 aromatic carbocycles. The summed E-state index contributed by atoms with van der Waals surface area (Å²) in [6.45, 7) is 0.0835. The molecule has 0 aliphatic rings. The van der Waals surface area contributed by atoms with Gasteiger partial charge in [-0.25, -0.2) is 4.98 Å². The summed E-state index contributed by atoms with van der Waals surface area (Å²) in [6.07, 6.45) is -0.183. The molecule has 0 fully saturated rings. The molecule has 0 spiro atoms. The molecule has 0 saturated heterocycles. The SMILES string of the molecule is NCc1c(-c2ccncc2)nc2ccc(C(F)(F)F)cn12. The quantitative estimate of drug-likeness (QED) is 0.790. The summed E-state index contributed by atoms with van der Waals surface area (Å²) >= 11 is 0. The van der Waals surface area contributed by atoms with Gasteiger partial charge in [0.1, 0.15) is 5.65 Å². The lowest BCUT2D eigenvalue weighted by atomic mass is 10.1. The van der Waals surface area contributed by atoms with E-state index in [-0.39, 0.29) is 6.54 Å². The van der Waals surface area contributed by atoms with Gasteiger partial charge >= 0.3 is 6.18 Å². The fourth-order valence-electron chi connectivity index (χ4n) is 2.20. The van der Waals surface area contributed by atoms with Crippen molar-refractivity contribution >= 4 is 5.65 Å². The third-order valence-corrected chi connectivity index (χ3v) is 3.19. The van der Waals surface area contributed by atoms with Gasteiger partial charge in [0.25, 0.3) is 0 Å². The molecule has 0 amide bonds. The van der Waals surface area contributed by atoms with Gasteiger partial charge in [-0.1, -0.05) is 0 Å². The first-order valence-electron chi connectivity index (χ1n) is 6.19. The van der Waals surface area contributed by atoms with E-state index in [2.05, 4.69) is 9.97 Å². The van der Waals surface area contributed by atoms with Crippen LogP contribution in [0.2, 0.25) is 0 Å². The lowest BCUT2D eigenvalue weighted by molar-refractivity contribution is -0.137. The van der Waals surface area contributed by atoms with Crippen molar-refractivity contribution in [3.63, 3.8) is 0 Å². The first-order chi connectivity index (χ1) is 10.0. The normalized spacial score (nSPS) is 12.0. The Kier molecular flexibility index (Phi) is 3.13. The second-order valence-electron chi connectivity index (χ2n) is 4.49. The van der Waals surface area contributed by atoms with E-state index in [1.165, 1.54) is 10.5 Å². The van der Waals surface area contributed by atoms with Gasteiger partial charge in [-0.15, -0.1) is 0 Å². The van der Waals surface area contributed by atoms with Gasteiger partial charge in [-0.05, 0) is 24.3 Å². The Bertz CT molecular complexity index is 778. The van der Waals surface area contributed by atoms with E-state index >= 15 is 0 Å². The van der Waals surface area contributed by atoms with Crippen LogP contribution in [0.15, 0.2) is 42.9 Å². The van der Waals surface area contributed by atoms with Gasteiger partial charge in [0.15, 0.2) is 0 Å². The van der Waals surface area contributed by atoms with Gasteiger partial charge in [0, 0.05) is 30.7 Å². The highest BCUT2D eigenvalue weighted by Crippen LogP contribution is 2.31. The number of nitrogens with two attached hydrogens (primary N) is 1. The Balaban J connectivity index is 2.24. The zero-order valence-electron chi connectivity index (χ0n) is 10.8. The molecule has 2 N–H and O–H groups in total. The van der Waals surface area contributed by atoms with Crippen LogP contribution in [0.1, 0.15) is 11.3 Å². The number of fused-ring (bicyclic) bond motifs is 1. The van der Waals surface area contributed by atoms with Gasteiger partial charge < -0.3 is 10.1 Å². The predicted octanol–water partition coefficient (Wildman–Crippen LogP) is 2.87. The number of rotatable bonds is 2. The minimum Gasteiger partial charge on any atom is -0.325 e. The minimum atomic E-state index is -4.40.